The van der Waals surface area contributed by atoms with Crippen LogP contribution in [-0.4, -0.2) is 17.5 Å². The highest BCUT2D eigenvalue weighted by Gasteiger charge is 2.16. The average molecular weight is 278 g/mol. The van der Waals surface area contributed by atoms with Crippen LogP contribution in [0.25, 0.3) is 0 Å². The first-order valence-corrected chi connectivity index (χ1v) is 8.00. The van der Waals surface area contributed by atoms with E-state index in [2.05, 4.69) is 42.3 Å². The van der Waals surface area contributed by atoms with E-state index in [1.165, 1.54) is 11.3 Å². The predicted molar refractivity (Wildman–Crippen MR) is 83.1 cm³/mol. The van der Waals surface area contributed by atoms with Gasteiger partial charge in [-0.25, -0.2) is 0 Å². The molecule has 1 heterocycles. The minimum Gasteiger partial charge on any atom is -0.296 e. The van der Waals surface area contributed by atoms with Crippen LogP contribution in [0.1, 0.15) is 51.8 Å². The summed E-state index contributed by atoms with van der Waals surface area (Å²) in [5.41, 5.74) is -0.170. The quantitative estimate of drug-likeness (QED) is 0.646. The Labute approximate surface area is 122 Å². The number of hydrogen-bond acceptors (Lipinski definition) is 3. The summed E-state index contributed by atoms with van der Waals surface area (Å²) in [6, 6.07) is 7.28. The highest BCUT2D eigenvalue weighted by Crippen LogP contribution is 2.22. The number of nitriles is 1. The molecule has 0 amide bonds. The molecule has 0 aliphatic carbocycles. The van der Waals surface area contributed by atoms with E-state index in [9.17, 15) is 0 Å². The smallest absolute Gasteiger partial charge is 0.0683 e. The van der Waals surface area contributed by atoms with Crippen molar-refractivity contribution in [2.24, 2.45) is 5.41 Å². The van der Waals surface area contributed by atoms with Crippen LogP contribution in [0.2, 0.25) is 0 Å². The SMILES string of the molecule is CC(C)N(CCCCC(C)(C)C#N)Cc1cccs1. The topological polar surface area (TPSA) is 27.0 Å². The Bertz CT molecular complexity index is 387. The van der Waals surface area contributed by atoms with Crippen molar-refractivity contribution in [2.45, 2.75) is 59.5 Å². The van der Waals surface area contributed by atoms with Gasteiger partial charge in [-0.1, -0.05) is 12.5 Å². The molecule has 0 atom stereocenters. The van der Waals surface area contributed by atoms with E-state index >= 15 is 0 Å². The molecule has 0 saturated carbocycles. The molecule has 0 aromatic carbocycles. The molecule has 0 aliphatic rings. The number of thiophene rings is 1. The van der Waals surface area contributed by atoms with Crippen molar-refractivity contribution in [2.75, 3.05) is 6.54 Å². The third-order valence-corrected chi connectivity index (χ3v) is 4.33. The first kappa shape index (κ1) is 16.2. The fourth-order valence-electron chi connectivity index (χ4n) is 2.06. The minimum atomic E-state index is -0.170. The lowest BCUT2D eigenvalue weighted by Gasteiger charge is -2.26. The second kappa shape index (κ2) is 7.67. The number of hydrogen-bond donors (Lipinski definition) is 0. The van der Waals surface area contributed by atoms with Gasteiger partial charge in [-0.15, -0.1) is 11.3 Å². The van der Waals surface area contributed by atoms with Gasteiger partial charge in [0.15, 0.2) is 0 Å². The van der Waals surface area contributed by atoms with Crippen molar-refractivity contribution in [1.82, 2.24) is 4.90 Å². The highest BCUT2D eigenvalue weighted by atomic mass is 32.1. The van der Waals surface area contributed by atoms with Gasteiger partial charge in [0.25, 0.3) is 0 Å². The van der Waals surface area contributed by atoms with Crippen LogP contribution >= 0.6 is 11.3 Å². The van der Waals surface area contributed by atoms with Crippen molar-refractivity contribution >= 4 is 11.3 Å². The van der Waals surface area contributed by atoms with E-state index in [0.29, 0.717) is 6.04 Å². The van der Waals surface area contributed by atoms with E-state index in [-0.39, 0.29) is 5.41 Å². The van der Waals surface area contributed by atoms with Crippen LogP contribution in [-0.2, 0) is 6.54 Å². The Morgan fingerprint density at radius 2 is 2.11 bits per heavy atom. The normalized spacial score (nSPS) is 12.1. The van der Waals surface area contributed by atoms with Crippen LogP contribution < -0.4 is 0 Å². The molecule has 106 valence electrons. The zero-order chi connectivity index (χ0) is 14.3. The van der Waals surface area contributed by atoms with Gasteiger partial charge in [0.1, 0.15) is 0 Å². The molecule has 0 spiro atoms. The maximum atomic E-state index is 9.00. The maximum absolute atomic E-state index is 9.00. The molecule has 1 aromatic heterocycles. The fraction of sp³-hybridized carbons (Fsp3) is 0.688. The average Bonchev–Trinajstić information content (AvgIpc) is 2.85. The zero-order valence-electron chi connectivity index (χ0n) is 12.6. The summed E-state index contributed by atoms with van der Waals surface area (Å²) >= 11 is 1.83. The van der Waals surface area contributed by atoms with E-state index in [0.717, 1.165) is 25.9 Å². The lowest BCUT2D eigenvalue weighted by molar-refractivity contribution is 0.207. The summed E-state index contributed by atoms with van der Waals surface area (Å²) in [4.78, 5) is 3.96. The van der Waals surface area contributed by atoms with Gasteiger partial charge in [-0.2, -0.15) is 5.26 Å². The Hall–Kier alpha value is -0.850. The third-order valence-electron chi connectivity index (χ3n) is 3.47. The van der Waals surface area contributed by atoms with Crippen LogP contribution in [0.4, 0.5) is 0 Å². The monoisotopic (exact) mass is 278 g/mol. The van der Waals surface area contributed by atoms with Crippen LogP contribution in [0, 0.1) is 16.7 Å². The molecule has 3 heteroatoms. The maximum Gasteiger partial charge on any atom is 0.0683 e. The summed E-state index contributed by atoms with van der Waals surface area (Å²) in [6.45, 7) is 10.7. The summed E-state index contributed by atoms with van der Waals surface area (Å²) in [7, 11) is 0. The van der Waals surface area contributed by atoms with Crippen LogP contribution in [0.3, 0.4) is 0 Å². The van der Waals surface area contributed by atoms with Gasteiger partial charge < -0.3 is 0 Å². The molecule has 2 nitrogen and oxygen atoms in total. The molecule has 0 fully saturated rings. The molecular formula is C16H26N2S. The molecule has 1 rings (SSSR count). The Kier molecular flexibility index (Phi) is 6.54. The van der Waals surface area contributed by atoms with Gasteiger partial charge in [0.05, 0.1) is 11.5 Å². The second-order valence-corrected chi connectivity index (χ2v) is 7.13. The summed E-state index contributed by atoms with van der Waals surface area (Å²) in [5.74, 6) is 0. The van der Waals surface area contributed by atoms with Crippen LogP contribution in [0.15, 0.2) is 17.5 Å². The van der Waals surface area contributed by atoms with Gasteiger partial charge in [0.2, 0.25) is 0 Å². The summed E-state index contributed by atoms with van der Waals surface area (Å²) < 4.78 is 0. The molecule has 19 heavy (non-hydrogen) atoms. The van der Waals surface area contributed by atoms with E-state index in [1.54, 1.807) is 0 Å². The van der Waals surface area contributed by atoms with Gasteiger partial charge in [-0.3, -0.25) is 4.90 Å². The Balaban J connectivity index is 2.33. The van der Waals surface area contributed by atoms with Crippen molar-refractivity contribution in [3.05, 3.63) is 22.4 Å². The van der Waals surface area contributed by atoms with Gasteiger partial charge >= 0.3 is 0 Å². The van der Waals surface area contributed by atoms with Crippen molar-refractivity contribution in [3.8, 4) is 6.07 Å². The predicted octanol–water partition coefficient (Wildman–Crippen LogP) is 4.68. The van der Waals surface area contributed by atoms with E-state index < -0.39 is 0 Å². The molecule has 0 unspecified atom stereocenters. The minimum absolute atomic E-state index is 0.170. The van der Waals surface area contributed by atoms with Crippen LogP contribution in [0.5, 0.6) is 0 Å². The zero-order valence-corrected chi connectivity index (χ0v) is 13.5. The molecule has 0 radical (unpaired) electrons. The number of unbranched alkanes of at least 4 members (excludes halogenated alkanes) is 1. The molecule has 0 aliphatic heterocycles. The first-order chi connectivity index (χ1) is 8.94. The van der Waals surface area contributed by atoms with Crippen molar-refractivity contribution in [1.29, 1.82) is 5.26 Å². The largest absolute Gasteiger partial charge is 0.296 e. The molecule has 0 N–H and O–H groups in total. The highest BCUT2D eigenvalue weighted by molar-refractivity contribution is 7.09. The second-order valence-electron chi connectivity index (χ2n) is 6.10. The van der Waals surface area contributed by atoms with Gasteiger partial charge in [-0.05, 0) is 58.5 Å². The van der Waals surface area contributed by atoms with E-state index in [4.69, 9.17) is 5.26 Å². The molecular weight excluding hydrogens is 252 g/mol. The molecule has 1 aromatic rings. The van der Waals surface area contributed by atoms with Gasteiger partial charge in [0, 0.05) is 17.5 Å². The Morgan fingerprint density at radius 3 is 2.63 bits per heavy atom. The standard InChI is InChI=1S/C16H26N2S/c1-14(2)18(12-15-8-7-11-19-15)10-6-5-9-16(3,4)13-17/h7-8,11,14H,5-6,9-10,12H2,1-4H3. The summed E-state index contributed by atoms with van der Waals surface area (Å²) in [5, 5.41) is 11.1. The third kappa shape index (κ3) is 6.22. The lowest BCUT2D eigenvalue weighted by atomic mass is 9.89. The van der Waals surface area contributed by atoms with E-state index in [1.807, 2.05) is 25.2 Å². The van der Waals surface area contributed by atoms with Crippen molar-refractivity contribution in [3.63, 3.8) is 0 Å². The van der Waals surface area contributed by atoms with Crippen molar-refractivity contribution < 1.29 is 0 Å². The lowest BCUT2D eigenvalue weighted by Crippen LogP contribution is -2.31. The summed E-state index contributed by atoms with van der Waals surface area (Å²) in [6.07, 6.45) is 3.30. The Morgan fingerprint density at radius 1 is 1.37 bits per heavy atom. The fourth-order valence-corrected chi connectivity index (χ4v) is 2.79. The number of rotatable bonds is 8. The number of nitrogens with zero attached hydrogens (tertiary/aromatic N) is 2. The molecule has 0 saturated heterocycles. The molecule has 0 bridgehead atoms. The first-order valence-electron chi connectivity index (χ1n) is 7.12.